The molecule has 1 nitrogen and oxygen atoms in total. The summed E-state index contributed by atoms with van der Waals surface area (Å²) in [5.41, 5.74) is 2.38. The fraction of sp³-hybridized carbons (Fsp3) is 0.188. The predicted octanol–water partition coefficient (Wildman–Crippen LogP) is 4.01. The van der Waals surface area contributed by atoms with E-state index >= 15 is 0 Å². The number of hydrogen-bond donors (Lipinski definition) is 0. The fourth-order valence-corrected chi connectivity index (χ4v) is 1.88. The van der Waals surface area contributed by atoms with Crippen molar-refractivity contribution in [2.75, 3.05) is 0 Å². The van der Waals surface area contributed by atoms with Crippen molar-refractivity contribution < 1.29 is 9.18 Å². The molecule has 0 N–H and O–H groups in total. The number of carbonyl (C=O) groups excluding carboxylic acids is 1. The van der Waals surface area contributed by atoms with E-state index in [0.717, 1.165) is 12.8 Å². The SMILES string of the molecule is CCCc1ccc(C(=O)c2ccc(F)cc2)cc1. The van der Waals surface area contributed by atoms with Crippen molar-refractivity contribution in [3.05, 3.63) is 71.0 Å². The quantitative estimate of drug-likeness (QED) is 0.740. The predicted molar refractivity (Wildman–Crippen MR) is 70.3 cm³/mol. The summed E-state index contributed by atoms with van der Waals surface area (Å²) in [6, 6.07) is 13.2. The van der Waals surface area contributed by atoms with Gasteiger partial charge in [0.2, 0.25) is 0 Å². The molecule has 0 heterocycles. The van der Waals surface area contributed by atoms with E-state index in [-0.39, 0.29) is 11.6 Å². The first-order valence-corrected chi connectivity index (χ1v) is 6.10. The van der Waals surface area contributed by atoms with E-state index in [1.54, 1.807) is 0 Å². The lowest BCUT2D eigenvalue weighted by Gasteiger charge is -2.03. The molecule has 2 aromatic rings. The van der Waals surface area contributed by atoms with Crippen molar-refractivity contribution in [1.29, 1.82) is 0 Å². The van der Waals surface area contributed by atoms with E-state index in [0.29, 0.717) is 11.1 Å². The molecule has 0 spiro atoms. The molecule has 2 heteroatoms. The van der Waals surface area contributed by atoms with Crippen LogP contribution in [0.1, 0.15) is 34.8 Å². The Hall–Kier alpha value is -1.96. The van der Waals surface area contributed by atoms with Gasteiger partial charge in [-0.25, -0.2) is 4.39 Å². The highest BCUT2D eigenvalue weighted by molar-refractivity contribution is 6.08. The molecule has 0 fully saturated rings. The molecule has 0 radical (unpaired) electrons. The Morgan fingerprint density at radius 1 is 0.944 bits per heavy atom. The number of benzene rings is 2. The van der Waals surface area contributed by atoms with Gasteiger partial charge < -0.3 is 0 Å². The fourth-order valence-electron chi connectivity index (χ4n) is 1.88. The highest BCUT2D eigenvalue weighted by atomic mass is 19.1. The van der Waals surface area contributed by atoms with Crippen molar-refractivity contribution in [2.45, 2.75) is 19.8 Å². The molecule has 0 saturated heterocycles. The Kier molecular flexibility index (Phi) is 3.88. The van der Waals surface area contributed by atoms with Gasteiger partial charge in [0.05, 0.1) is 0 Å². The minimum atomic E-state index is -0.329. The Labute approximate surface area is 106 Å². The largest absolute Gasteiger partial charge is 0.289 e. The van der Waals surface area contributed by atoms with Crippen LogP contribution in [0.5, 0.6) is 0 Å². The number of hydrogen-bond acceptors (Lipinski definition) is 1. The van der Waals surface area contributed by atoms with Gasteiger partial charge in [-0.05, 0) is 36.2 Å². The smallest absolute Gasteiger partial charge is 0.193 e. The monoisotopic (exact) mass is 242 g/mol. The Balaban J connectivity index is 2.20. The van der Waals surface area contributed by atoms with Crippen molar-refractivity contribution in [2.24, 2.45) is 0 Å². The Morgan fingerprint density at radius 2 is 1.44 bits per heavy atom. The number of ketones is 1. The van der Waals surface area contributed by atoms with Gasteiger partial charge in [-0.3, -0.25) is 4.79 Å². The molecule has 18 heavy (non-hydrogen) atoms. The second kappa shape index (κ2) is 5.58. The van der Waals surface area contributed by atoms with Crippen molar-refractivity contribution in [3.63, 3.8) is 0 Å². The number of aryl methyl sites for hydroxylation is 1. The zero-order valence-electron chi connectivity index (χ0n) is 10.3. The van der Waals surface area contributed by atoms with Crippen LogP contribution in [-0.2, 0) is 6.42 Å². The average molecular weight is 242 g/mol. The van der Waals surface area contributed by atoms with Gasteiger partial charge in [0, 0.05) is 11.1 Å². The molecule has 0 aliphatic rings. The van der Waals surface area contributed by atoms with Crippen molar-refractivity contribution >= 4 is 5.78 Å². The summed E-state index contributed by atoms with van der Waals surface area (Å²) in [6.45, 7) is 2.12. The maximum atomic E-state index is 12.8. The zero-order chi connectivity index (χ0) is 13.0. The van der Waals surface area contributed by atoms with Crippen LogP contribution >= 0.6 is 0 Å². The van der Waals surface area contributed by atoms with E-state index < -0.39 is 0 Å². The van der Waals surface area contributed by atoms with E-state index in [1.165, 1.54) is 29.8 Å². The first-order valence-electron chi connectivity index (χ1n) is 6.10. The number of halogens is 1. The maximum absolute atomic E-state index is 12.8. The number of rotatable bonds is 4. The van der Waals surface area contributed by atoms with E-state index in [9.17, 15) is 9.18 Å². The molecular weight excluding hydrogens is 227 g/mol. The second-order valence-electron chi connectivity index (χ2n) is 4.28. The molecule has 2 rings (SSSR count). The summed E-state index contributed by atoms with van der Waals surface area (Å²) in [5, 5.41) is 0. The molecule has 0 amide bonds. The van der Waals surface area contributed by atoms with Crippen LogP contribution in [0.4, 0.5) is 4.39 Å². The van der Waals surface area contributed by atoms with Crippen LogP contribution in [0, 0.1) is 5.82 Å². The summed E-state index contributed by atoms with van der Waals surface area (Å²) in [4.78, 5) is 12.1. The molecule has 0 aliphatic heterocycles. The van der Waals surface area contributed by atoms with E-state index in [2.05, 4.69) is 6.92 Å². The normalized spacial score (nSPS) is 10.3. The minimum absolute atomic E-state index is 0.0713. The van der Waals surface area contributed by atoms with Crippen LogP contribution in [0.2, 0.25) is 0 Å². The summed E-state index contributed by atoms with van der Waals surface area (Å²) >= 11 is 0. The lowest BCUT2D eigenvalue weighted by atomic mass is 10.0. The third-order valence-corrected chi connectivity index (χ3v) is 2.86. The van der Waals surface area contributed by atoms with Crippen LogP contribution < -0.4 is 0 Å². The average Bonchev–Trinajstić information content (AvgIpc) is 2.40. The van der Waals surface area contributed by atoms with Crippen LogP contribution in [0.25, 0.3) is 0 Å². The summed E-state index contributed by atoms with van der Waals surface area (Å²) in [6.07, 6.45) is 2.11. The van der Waals surface area contributed by atoms with E-state index in [4.69, 9.17) is 0 Å². The topological polar surface area (TPSA) is 17.1 Å². The molecule has 0 unspecified atom stereocenters. The summed E-state index contributed by atoms with van der Waals surface area (Å²) < 4.78 is 12.8. The van der Waals surface area contributed by atoms with Crippen molar-refractivity contribution in [1.82, 2.24) is 0 Å². The Morgan fingerprint density at radius 3 is 1.94 bits per heavy atom. The van der Waals surface area contributed by atoms with Crippen molar-refractivity contribution in [3.8, 4) is 0 Å². The van der Waals surface area contributed by atoms with Crippen LogP contribution in [0.15, 0.2) is 48.5 Å². The van der Waals surface area contributed by atoms with Gasteiger partial charge >= 0.3 is 0 Å². The van der Waals surface area contributed by atoms with Crippen LogP contribution in [0.3, 0.4) is 0 Å². The van der Waals surface area contributed by atoms with Gasteiger partial charge in [0.1, 0.15) is 5.82 Å². The van der Waals surface area contributed by atoms with Crippen LogP contribution in [-0.4, -0.2) is 5.78 Å². The van der Waals surface area contributed by atoms with Gasteiger partial charge in [0.25, 0.3) is 0 Å². The molecule has 92 valence electrons. The molecule has 0 atom stereocenters. The van der Waals surface area contributed by atoms with Gasteiger partial charge in [-0.1, -0.05) is 37.6 Å². The first kappa shape index (κ1) is 12.5. The first-order chi connectivity index (χ1) is 8.70. The van der Waals surface area contributed by atoms with Gasteiger partial charge in [-0.15, -0.1) is 0 Å². The lowest BCUT2D eigenvalue weighted by molar-refractivity contribution is 0.103. The van der Waals surface area contributed by atoms with Gasteiger partial charge in [-0.2, -0.15) is 0 Å². The Bertz CT molecular complexity index is 526. The standard InChI is InChI=1S/C16H15FO/c1-2-3-12-4-6-13(7-5-12)16(18)14-8-10-15(17)11-9-14/h4-11H,2-3H2,1H3. The molecule has 0 saturated carbocycles. The molecule has 0 aliphatic carbocycles. The lowest BCUT2D eigenvalue weighted by Crippen LogP contribution is -2.01. The zero-order valence-corrected chi connectivity index (χ0v) is 10.3. The molecule has 0 bridgehead atoms. The molecular formula is C16H15FO. The van der Waals surface area contributed by atoms with Gasteiger partial charge in [0.15, 0.2) is 5.78 Å². The minimum Gasteiger partial charge on any atom is -0.289 e. The number of carbonyl (C=O) groups is 1. The summed E-state index contributed by atoms with van der Waals surface area (Å²) in [5.74, 6) is -0.400. The summed E-state index contributed by atoms with van der Waals surface area (Å²) in [7, 11) is 0. The maximum Gasteiger partial charge on any atom is 0.193 e. The highest BCUT2D eigenvalue weighted by Crippen LogP contribution is 2.12. The molecule has 2 aromatic carbocycles. The third-order valence-electron chi connectivity index (χ3n) is 2.86. The van der Waals surface area contributed by atoms with E-state index in [1.807, 2.05) is 24.3 Å². The second-order valence-corrected chi connectivity index (χ2v) is 4.28. The third kappa shape index (κ3) is 2.83. The highest BCUT2D eigenvalue weighted by Gasteiger charge is 2.08. The molecule has 0 aromatic heterocycles.